The van der Waals surface area contributed by atoms with Crippen LogP contribution in [0.1, 0.15) is 26.3 Å². The Balaban J connectivity index is 3.73. The highest BCUT2D eigenvalue weighted by molar-refractivity contribution is 7.86. The summed E-state index contributed by atoms with van der Waals surface area (Å²) in [6.07, 6.45) is 0. The molecule has 1 aromatic rings. The highest BCUT2D eigenvalue weighted by Gasteiger charge is 2.27. The smallest absolute Gasteiger partial charge is 0.339 e. The van der Waals surface area contributed by atoms with E-state index in [1.807, 2.05) is 0 Å². The normalized spacial score (nSPS) is 11.1. The van der Waals surface area contributed by atoms with Gasteiger partial charge < -0.3 is 10.5 Å². The molecule has 7 nitrogen and oxygen atoms in total. The van der Waals surface area contributed by atoms with Gasteiger partial charge in [-0.15, -0.1) is 0 Å². The average molecular weight is 287 g/mol. The Kier molecular flexibility index (Phi) is 4.28. The third-order valence-electron chi connectivity index (χ3n) is 2.57. The second-order valence-corrected chi connectivity index (χ2v) is 5.27. The number of benzene rings is 1. The van der Waals surface area contributed by atoms with Gasteiger partial charge in [-0.2, -0.15) is 8.42 Å². The van der Waals surface area contributed by atoms with Crippen molar-refractivity contribution in [2.24, 2.45) is 5.73 Å². The molecule has 0 saturated carbocycles. The van der Waals surface area contributed by atoms with Crippen molar-refractivity contribution < 1.29 is 26.9 Å². The fourth-order valence-corrected chi connectivity index (χ4v) is 2.51. The van der Waals surface area contributed by atoms with Crippen LogP contribution < -0.4 is 5.73 Å². The van der Waals surface area contributed by atoms with Gasteiger partial charge in [0.25, 0.3) is 10.1 Å². The van der Waals surface area contributed by atoms with E-state index in [1.54, 1.807) is 0 Å². The zero-order valence-corrected chi connectivity index (χ0v) is 11.4. The number of amides is 1. The molecular weight excluding hydrogens is 274 g/mol. The molecule has 0 aromatic heterocycles. The molecule has 0 aliphatic heterocycles. The molecule has 0 saturated heterocycles. The van der Waals surface area contributed by atoms with Crippen molar-refractivity contribution in [1.82, 2.24) is 0 Å². The van der Waals surface area contributed by atoms with E-state index in [9.17, 15) is 18.0 Å². The molecule has 0 heterocycles. The van der Waals surface area contributed by atoms with Crippen molar-refractivity contribution in [2.75, 3.05) is 14.2 Å². The topological polar surface area (TPSA) is 113 Å². The van der Waals surface area contributed by atoms with Crippen molar-refractivity contribution in [3.8, 4) is 0 Å². The first-order valence-corrected chi connectivity index (χ1v) is 6.49. The van der Waals surface area contributed by atoms with Crippen LogP contribution in [-0.2, 0) is 19.0 Å². The molecule has 1 rings (SSSR count). The number of primary amides is 1. The van der Waals surface area contributed by atoms with Crippen LogP contribution >= 0.6 is 0 Å². The number of carbonyl (C=O) groups excluding carboxylic acids is 2. The number of esters is 1. The summed E-state index contributed by atoms with van der Waals surface area (Å²) >= 11 is 0. The maximum atomic E-state index is 11.7. The van der Waals surface area contributed by atoms with Crippen LogP contribution in [0.15, 0.2) is 17.0 Å². The summed E-state index contributed by atoms with van der Waals surface area (Å²) in [4.78, 5) is 22.5. The quantitative estimate of drug-likeness (QED) is 0.626. The van der Waals surface area contributed by atoms with E-state index in [4.69, 9.17) is 5.73 Å². The van der Waals surface area contributed by atoms with Gasteiger partial charge in [-0.3, -0.25) is 8.98 Å². The monoisotopic (exact) mass is 287 g/mol. The van der Waals surface area contributed by atoms with Crippen LogP contribution in [0.2, 0.25) is 0 Å². The fourth-order valence-electron chi connectivity index (χ4n) is 1.61. The molecule has 0 aliphatic rings. The Morgan fingerprint density at radius 3 is 2.21 bits per heavy atom. The molecule has 0 unspecified atom stereocenters. The molecule has 0 bridgehead atoms. The van der Waals surface area contributed by atoms with E-state index in [1.165, 1.54) is 13.0 Å². The third kappa shape index (κ3) is 2.74. The van der Waals surface area contributed by atoms with E-state index >= 15 is 0 Å². The zero-order chi connectivity index (χ0) is 14.8. The molecule has 0 spiro atoms. The van der Waals surface area contributed by atoms with Gasteiger partial charge in [0.15, 0.2) is 0 Å². The standard InChI is InChI=1S/C11H13NO6S/c1-6-7(10(12)13)4-5-8(19(15,16)18-3)9(6)11(14)17-2/h4-5H,1-3H3,(H2,12,13). The van der Waals surface area contributed by atoms with Crippen LogP contribution in [-0.4, -0.2) is 34.5 Å². The minimum atomic E-state index is -4.10. The van der Waals surface area contributed by atoms with E-state index in [0.717, 1.165) is 20.3 Å². The Hall–Kier alpha value is -1.93. The van der Waals surface area contributed by atoms with Crippen LogP contribution in [0.5, 0.6) is 0 Å². The molecule has 1 amide bonds. The lowest BCUT2D eigenvalue weighted by Crippen LogP contribution is -2.19. The molecule has 0 radical (unpaired) electrons. The van der Waals surface area contributed by atoms with Gasteiger partial charge >= 0.3 is 5.97 Å². The third-order valence-corrected chi connectivity index (χ3v) is 3.89. The van der Waals surface area contributed by atoms with Crippen molar-refractivity contribution in [2.45, 2.75) is 11.8 Å². The lowest BCUT2D eigenvalue weighted by molar-refractivity contribution is 0.0595. The maximum absolute atomic E-state index is 11.7. The van der Waals surface area contributed by atoms with Gasteiger partial charge in [0.2, 0.25) is 5.91 Å². The average Bonchev–Trinajstić information content (AvgIpc) is 2.36. The molecule has 19 heavy (non-hydrogen) atoms. The number of nitrogens with two attached hydrogens (primary N) is 1. The first-order chi connectivity index (χ1) is 8.76. The van der Waals surface area contributed by atoms with Gasteiger partial charge in [-0.25, -0.2) is 4.79 Å². The number of carbonyl (C=O) groups is 2. The molecule has 0 fully saturated rings. The number of methoxy groups -OCH3 is 1. The summed E-state index contributed by atoms with van der Waals surface area (Å²) in [5.41, 5.74) is 5.04. The summed E-state index contributed by atoms with van der Waals surface area (Å²) < 4.78 is 32.3. The van der Waals surface area contributed by atoms with E-state index in [0.29, 0.717) is 0 Å². The predicted octanol–water partition coefficient (Wildman–Crippen LogP) is 0.216. The van der Waals surface area contributed by atoms with Crippen molar-refractivity contribution >= 4 is 22.0 Å². The first-order valence-electron chi connectivity index (χ1n) is 5.08. The molecule has 2 N–H and O–H groups in total. The number of hydrogen-bond acceptors (Lipinski definition) is 6. The molecule has 8 heteroatoms. The van der Waals surface area contributed by atoms with Gasteiger partial charge in [0.05, 0.1) is 19.8 Å². The molecule has 104 valence electrons. The maximum Gasteiger partial charge on any atom is 0.339 e. The first kappa shape index (κ1) is 15.1. The summed E-state index contributed by atoms with van der Waals surface area (Å²) in [5.74, 6) is -1.67. The van der Waals surface area contributed by atoms with E-state index in [-0.39, 0.29) is 21.6 Å². The van der Waals surface area contributed by atoms with E-state index < -0.39 is 22.0 Å². The van der Waals surface area contributed by atoms with Gasteiger partial charge in [-0.1, -0.05) is 0 Å². The van der Waals surface area contributed by atoms with Gasteiger partial charge in [0, 0.05) is 5.56 Å². The number of rotatable bonds is 4. The lowest BCUT2D eigenvalue weighted by Gasteiger charge is -2.12. The Morgan fingerprint density at radius 1 is 1.21 bits per heavy atom. The second kappa shape index (κ2) is 5.37. The predicted molar refractivity (Wildman–Crippen MR) is 65.2 cm³/mol. The molecule has 0 aliphatic carbocycles. The summed E-state index contributed by atoms with van der Waals surface area (Å²) in [7, 11) is -2.04. The SMILES string of the molecule is COC(=O)c1c(S(=O)(=O)OC)ccc(C(N)=O)c1C. The van der Waals surface area contributed by atoms with Crippen LogP contribution in [0.25, 0.3) is 0 Å². The van der Waals surface area contributed by atoms with Gasteiger partial charge in [-0.05, 0) is 24.6 Å². The van der Waals surface area contributed by atoms with Gasteiger partial charge in [0.1, 0.15) is 4.90 Å². The Labute approximate surface area is 110 Å². The minimum Gasteiger partial charge on any atom is -0.465 e. The van der Waals surface area contributed by atoms with Crippen LogP contribution in [0, 0.1) is 6.92 Å². The Bertz CT molecular complexity index is 635. The fraction of sp³-hybridized carbons (Fsp3) is 0.273. The van der Waals surface area contributed by atoms with Crippen LogP contribution in [0.4, 0.5) is 0 Å². The van der Waals surface area contributed by atoms with E-state index in [2.05, 4.69) is 8.92 Å². The highest BCUT2D eigenvalue weighted by Crippen LogP contribution is 2.24. The largest absolute Gasteiger partial charge is 0.465 e. The lowest BCUT2D eigenvalue weighted by atomic mass is 10.0. The second-order valence-electron chi connectivity index (χ2n) is 3.59. The van der Waals surface area contributed by atoms with Crippen molar-refractivity contribution in [3.63, 3.8) is 0 Å². The van der Waals surface area contributed by atoms with Crippen LogP contribution in [0.3, 0.4) is 0 Å². The minimum absolute atomic E-state index is 0.0375. The Morgan fingerprint density at radius 2 is 1.79 bits per heavy atom. The number of hydrogen-bond donors (Lipinski definition) is 1. The molecule has 0 atom stereocenters. The highest BCUT2D eigenvalue weighted by atomic mass is 32.2. The number of ether oxygens (including phenoxy) is 1. The molecular formula is C11H13NO6S. The van der Waals surface area contributed by atoms with Crippen molar-refractivity contribution in [3.05, 3.63) is 28.8 Å². The summed E-state index contributed by atoms with van der Waals surface area (Å²) in [5, 5.41) is 0. The summed E-state index contributed by atoms with van der Waals surface area (Å²) in [6, 6.07) is 2.30. The van der Waals surface area contributed by atoms with Crippen molar-refractivity contribution in [1.29, 1.82) is 0 Å². The summed E-state index contributed by atoms with van der Waals surface area (Å²) in [6.45, 7) is 1.40. The zero-order valence-electron chi connectivity index (χ0n) is 10.6. The molecule has 1 aromatic carbocycles.